The van der Waals surface area contributed by atoms with E-state index in [-0.39, 0.29) is 6.61 Å². The molecule has 2 rings (SSSR count). The summed E-state index contributed by atoms with van der Waals surface area (Å²) in [5.41, 5.74) is 15.5. The van der Waals surface area contributed by atoms with Crippen LogP contribution in [0.1, 0.15) is 24.6 Å². The van der Waals surface area contributed by atoms with Crippen molar-refractivity contribution in [3.8, 4) is 11.1 Å². The molecule has 1 atom stereocenters. The summed E-state index contributed by atoms with van der Waals surface area (Å²) in [6.07, 6.45) is 1.78. The second-order valence-corrected chi connectivity index (χ2v) is 6.10. The third-order valence-electron chi connectivity index (χ3n) is 3.63. The molecule has 4 nitrogen and oxygen atoms in total. The third kappa shape index (κ3) is 3.97. The molecule has 0 aliphatic rings. The van der Waals surface area contributed by atoms with Crippen LogP contribution < -0.4 is 16.8 Å². The van der Waals surface area contributed by atoms with Crippen molar-refractivity contribution in [2.45, 2.75) is 32.4 Å². The van der Waals surface area contributed by atoms with Crippen molar-refractivity contribution in [1.29, 1.82) is 0 Å². The summed E-state index contributed by atoms with van der Waals surface area (Å²) in [7, 11) is 0. The van der Waals surface area contributed by atoms with E-state index in [0.717, 1.165) is 41.9 Å². The van der Waals surface area contributed by atoms with Crippen LogP contribution in [-0.4, -0.2) is 17.8 Å². The highest BCUT2D eigenvalue weighted by atomic mass is 32.1. The normalized spacial score (nSPS) is 12.5. The average molecular weight is 305 g/mol. The van der Waals surface area contributed by atoms with Gasteiger partial charge in [0.2, 0.25) is 0 Å². The first-order valence-electron chi connectivity index (χ1n) is 7.21. The second kappa shape index (κ2) is 7.45. The number of benzene rings is 1. The molecule has 0 spiro atoms. The SMILES string of the molecule is CCC(CCO)NCc1sccc1-c1cc(N)ccc1N. The van der Waals surface area contributed by atoms with Crippen LogP contribution >= 0.6 is 11.3 Å². The minimum Gasteiger partial charge on any atom is -0.399 e. The number of hydrogen-bond donors (Lipinski definition) is 4. The molecule has 0 bridgehead atoms. The molecule has 0 aliphatic carbocycles. The van der Waals surface area contributed by atoms with Crippen molar-refractivity contribution in [3.05, 3.63) is 34.5 Å². The molecule has 0 amide bonds. The van der Waals surface area contributed by atoms with Crippen LogP contribution in [-0.2, 0) is 6.54 Å². The molecule has 2 aromatic rings. The maximum absolute atomic E-state index is 9.06. The van der Waals surface area contributed by atoms with Crippen molar-refractivity contribution in [3.63, 3.8) is 0 Å². The Kier molecular flexibility index (Phi) is 5.61. The van der Waals surface area contributed by atoms with E-state index in [1.165, 1.54) is 4.88 Å². The number of rotatable bonds is 7. The van der Waals surface area contributed by atoms with Gasteiger partial charge >= 0.3 is 0 Å². The lowest BCUT2D eigenvalue weighted by Crippen LogP contribution is -2.28. The summed E-state index contributed by atoms with van der Waals surface area (Å²) < 4.78 is 0. The minimum absolute atomic E-state index is 0.213. The van der Waals surface area contributed by atoms with E-state index < -0.39 is 0 Å². The standard InChI is InChI=1S/C16H23N3OS/c1-2-12(5-7-20)19-10-16-13(6-8-21-16)14-9-11(17)3-4-15(14)18/h3-4,6,8-9,12,19-20H,2,5,7,10,17-18H2,1H3. The molecule has 6 N–H and O–H groups in total. The molecular weight excluding hydrogens is 282 g/mol. The number of aliphatic hydroxyl groups is 1. The van der Waals surface area contributed by atoms with Gasteiger partial charge < -0.3 is 21.9 Å². The third-order valence-corrected chi connectivity index (χ3v) is 4.56. The van der Waals surface area contributed by atoms with Gasteiger partial charge in [-0.3, -0.25) is 0 Å². The summed E-state index contributed by atoms with van der Waals surface area (Å²) in [4.78, 5) is 1.24. The molecule has 1 unspecified atom stereocenters. The van der Waals surface area contributed by atoms with Crippen molar-refractivity contribution in [1.82, 2.24) is 5.32 Å². The summed E-state index contributed by atoms with van der Waals surface area (Å²) >= 11 is 1.71. The Hall–Kier alpha value is -1.56. The zero-order valence-electron chi connectivity index (χ0n) is 12.3. The minimum atomic E-state index is 0.213. The van der Waals surface area contributed by atoms with Crippen molar-refractivity contribution < 1.29 is 5.11 Å². The Balaban J connectivity index is 2.17. The van der Waals surface area contributed by atoms with Gasteiger partial charge in [0.15, 0.2) is 0 Å². The van der Waals surface area contributed by atoms with Gasteiger partial charge in [-0.05, 0) is 48.1 Å². The fraction of sp³-hybridized carbons (Fsp3) is 0.375. The lowest BCUT2D eigenvalue weighted by Gasteiger charge is -2.16. The zero-order valence-corrected chi connectivity index (χ0v) is 13.1. The molecule has 21 heavy (non-hydrogen) atoms. The van der Waals surface area contributed by atoms with E-state index in [4.69, 9.17) is 16.6 Å². The Morgan fingerprint density at radius 2 is 2.05 bits per heavy atom. The van der Waals surface area contributed by atoms with E-state index in [0.29, 0.717) is 6.04 Å². The first kappa shape index (κ1) is 15.8. The van der Waals surface area contributed by atoms with E-state index in [9.17, 15) is 0 Å². The van der Waals surface area contributed by atoms with Crippen LogP contribution in [0.25, 0.3) is 11.1 Å². The summed E-state index contributed by atoms with van der Waals surface area (Å²) in [5, 5.41) is 14.6. The topological polar surface area (TPSA) is 84.3 Å². The van der Waals surface area contributed by atoms with Crippen LogP contribution in [0, 0.1) is 0 Å². The van der Waals surface area contributed by atoms with E-state index >= 15 is 0 Å². The maximum atomic E-state index is 9.06. The van der Waals surface area contributed by atoms with E-state index in [1.807, 2.05) is 18.2 Å². The molecule has 0 fully saturated rings. The summed E-state index contributed by atoms with van der Waals surface area (Å²) in [5.74, 6) is 0. The average Bonchev–Trinajstić information content (AvgIpc) is 2.94. The van der Waals surface area contributed by atoms with Crippen molar-refractivity contribution in [2.24, 2.45) is 0 Å². The highest BCUT2D eigenvalue weighted by Gasteiger charge is 2.12. The number of aliphatic hydroxyl groups excluding tert-OH is 1. The quantitative estimate of drug-likeness (QED) is 0.593. The highest BCUT2D eigenvalue weighted by Crippen LogP contribution is 2.33. The Morgan fingerprint density at radius 3 is 2.76 bits per heavy atom. The number of nitrogens with two attached hydrogens (primary N) is 2. The fourth-order valence-electron chi connectivity index (χ4n) is 2.37. The smallest absolute Gasteiger partial charge is 0.0445 e. The first-order valence-corrected chi connectivity index (χ1v) is 8.09. The number of anilines is 2. The summed E-state index contributed by atoms with van der Waals surface area (Å²) in [6.45, 7) is 3.11. The maximum Gasteiger partial charge on any atom is 0.0445 e. The molecule has 1 aromatic heterocycles. The van der Waals surface area contributed by atoms with Gasteiger partial charge in [-0.1, -0.05) is 6.92 Å². The number of thiophene rings is 1. The molecule has 0 aliphatic heterocycles. The van der Waals surface area contributed by atoms with E-state index in [1.54, 1.807) is 11.3 Å². The zero-order chi connectivity index (χ0) is 15.2. The molecule has 1 aromatic carbocycles. The number of nitrogens with one attached hydrogen (secondary N) is 1. The molecule has 114 valence electrons. The largest absolute Gasteiger partial charge is 0.399 e. The predicted molar refractivity (Wildman–Crippen MR) is 91.2 cm³/mol. The van der Waals surface area contributed by atoms with Gasteiger partial charge in [0.1, 0.15) is 0 Å². The van der Waals surface area contributed by atoms with Crippen molar-refractivity contribution >= 4 is 22.7 Å². The van der Waals surface area contributed by atoms with Crippen LogP contribution in [0.4, 0.5) is 11.4 Å². The first-order chi connectivity index (χ1) is 10.2. The van der Waals surface area contributed by atoms with Crippen LogP contribution in [0.5, 0.6) is 0 Å². The summed E-state index contributed by atoms with van der Waals surface area (Å²) in [6, 6.07) is 8.01. The van der Waals surface area contributed by atoms with Gasteiger partial charge in [-0.25, -0.2) is 0 Å². The van der Waals surface area contributed by atoms with Gasteiger partial charge in [-0.2, -0.15) is 0 Å². The van der Waals surface area contributed by atoms with Crippen molar-refractivity contribution in [2.75, 3.05) is 18.1 Å². The highest BCUT2D eigenvalue weighted by molar-refractivity contribution is 7.10. The fourth-order valence-corrected chi connectivity index (χ4v) is 3.21. The molecular formula is C16H23N3OS. The Bertz CT molecular complexity index is 583. The molecule has 0 saturated carbocycles. The van der Waals surface area contributed by atoms with Gasteiger partial charge in [0, 0.05) is 41.0 Å². The van der Waals surface area contributed by atoms with Crippen LogP contribution in [0.2, 0.25) is 0 Å². The van der Waals surface area contributed by atoms with Gasteiger partial charge in [-0.15, -0.1) is 11.3 Å². The van der Waals surface area contributed by atoms with Crippen LogP contribution in [0.3, 0.4) is 0 Å². The molecule has 0 radical (unpaired) electrons. The predicted octanol–water partition coefficient (Wildman–Crippen LogP) is 2.83. The van der Waals surface area contributed by atoms with E-state index in [2.05, 4.69) is 23.7 Å². The van der Waals surface area contributed by atoms with Crippen LogP contribution in [0.15, 0.2) is 29.6 Å². The lowest BCUT2D eigenvalue weighted by molar-refractivity contribution is 0.262. The molecule has 5 heteroatoms. The van der Waals surface area contributed by atoms with Gasteiger partial charge in [0.25, 0.3) is 0 Å². The Morgan fingerprint density at radius 1 is 1.24 bits per heavy atom. The lowest BCUT2D eigenvalue weighted by atomic mass is 10.0. The Labute approximate surface area is 129 Å². The second-order valence-electron chi connectivity index (χ2n) is 5.10. The number of hydrogen-bond acceptors (Lipinski definition) is 5. The van der Waals surface area contributed by atoms with Gasteiger partial charge in [0.05, 0.1) is 0 Å². The number of nitrogen functional groups attached to an aromatic ring is 2. The molecule has 0 saturated heterocycles. The molecule has 1 heterocycles. The monoisotopic (exact) mass is 305 g/mol.